The molecule has 1 unspecified atom stereocenters. The van der Waals surface area contributed by atoms with Crippen LogP contribution in [0.4, 0.5) is 22.8 Å². The van der Waals surface area contributed by atoms with Crippen LogP contribution in [0.2, 0.25) is 0 Å². The maximum atomic E-state index is 12.9. The number of carbonyl (C=O) groups excluding carboxylic acids is 2. The summed E-state index contributed by atoms with van der Waals surface area (Å²) >= 11 is 4.76. The first-order chi connectivity index (χ1) is 15.9. The minimum absolute atomic E-state index is 0.161. The fraction of sp³-hybridized carbons (Fsp3) is 0.522. The molecule has 2 rings (SSSR count). The van der Waals surface area contributed by atoms with Crippen molar-refractivity contribution in [2.75, 3.05) is 0 Å². The lowest BCUT2D eigenvalue weighted by molar-refractivity contribution is -0.137. The molecule has 0 aliphatic heterocycles. The standard InChI is InChI=1S/C23H29BrF3N3O4S/c1-14(11-15-7-9-16(10-8-15)23(25,26)27)30(20(32)34-21(2,3)4)29-19(31)33-22(5,6)12-18-28-13-17(24)35-18/h7-10,13-14H,11-12H2,1-6H3,(H,29,31). The molecule has 35 heavy (non-hydrogen) atoms. The molecule has 0 saturated heterocycles. The number of aromatic nitrogens is 1. The lowest BCUT2D eigenvalue weighted by Gasteiger charge is -2.33. The maximum Gasteiger partial charge on any atom is 0.429 e. The summed E-state index contributed by atoms with van der Waals surface area (Å²) in [7, 11) is 0. The molecule has 1 aromatic heterocycles. The number of rotatable bonds is 6. The third kappa shape index (κ3) is 9.67. The van der Waals surface area contributed by atoms with Gasteiger partial charge in [0.25, 0.3) is 0 Å². The van der Waals surface area contributed by atoms with E-state index in [0.717, 1.165) is 25.9 Å². The van der Waals surface area contributed by atoms with Crippen molar-refractivity contribution in [2.45, 2.75) is 77.8 Å². The normalized spacial score (nSPS) is 13.2. The Hall–Kier alpha value is -2.34. The second kappa shape index (κ2) is 11.2. The Morgan fingerprint density at radius 3 is 2.20 bits per heavy atom. The molecule has 0 fully saturated rings. The monoisotopic (exact) mass is 579 g/mol. The van der Waals surface area contributed by atoms with Crippen LogP contribution in [0.5, 0.6) is 0 Å². The highest BCUT2D eigenvalue weighted by Gasteiger charge is 2.32. The second-order valence-corrected chi connectivity index (χ2v) is 12.1. The molecular weight excluding hydrogens is 551 g/mol. The van der Waals surface area contributed by atoms with Gasteiger partial charge in [0.15, 0.2) is 0 Å². The average Bonchev–Trinajstić information content (AvgIpc) is 3.07. The van der Waals surface area contributed by atoms with Gasteiger partial charge in [0.1, 0.15) is 11.2 Å². The van der Waals surface area contributed by atoms with Gasteiger partial charge in [0.2, 0.25) is 0 Å². The van der Waals surface area contributed by atoms with Crippen LogP contribution in [0.3, 0.4) is 0 Å². The number of halogens is 4. The average molecular weight is 580 g/mol. The van der Waals surface area contributed by atoms with Crippen LogP contribution < -0.4 is 5.43 Å². The Balaban J connectivity index is 2.13. The predicted octanol–water partition coefficient (Wildman–Crippen LogP) is 6.76. The Morgan fingerprint density at radius 1 is 1.11 bits per heavy atom. The fourth-order valence-electron chi connectivity index (χ4n) is 3.05. The van der Waals surface area contributed by atoms with Gasteiger partial charge in [-0.3, -0.25) is 0 Å². The number of benzene rings is 1. The maximum absolute atomic E-state index is 12.9. The summed E-state index contributed by atoms with van der Waals surface area (Å²) in [6.45, 7) is 10.1. The van der Waals surface area contributed by atoms with Crippen LogP contribution in [0, 0.1) is 0 Å². The molecule has 12 heteroatoms. The van der Waals surface area contributed by atoms with Crippen molar-refractivity contribution in [3.8, 4) is 0 Å². The van der Waals surface area contributed by atoms with E-state index in [1.165, 1.54) is 23.5 Å². The highest BCUT2D eigenvalue weighted by Crippen LogP contribution is 2.29. The van der Waals surface area contributed by atoms with E-state index in [2.05, 4.69) is 26.3 Å². The topological polar surface area (TPSA) is 80.8 Å². The van der Waals surface area contributed by atoms with E-state index in [0.29, 0.717) is 12.0 Å². The van der Waals surface area contributed by atoms with Gasteiger partial charge in [-0.1, -0.05) is 12.1 Å². The van der Waals surface area contributed by atoms with E-state index in [1.807, 2.05) is 0 Å². The molecule has 194 valence electrons. The fourth-order valence-corrected chi connectivity index (χ4v) is 4.57. The Labute approximate surface area is 215 Å². The summed E-state index contributed by atoms with van der Waals surface area (Å²) in [4.78, 5) is 29.8. The van der Waals surface area contributed by atoms with E-state index in [-0.39, 0.29) is 6.42 Å². The number of hydrogen-bond acceptors (Lipinski definition) is 6. The van der Waals surface area contributed by atoms with Gasteiger partial charge >= 0.3 is 18.4 Å². The largest absolute Gasteiger partial charge is 0.442 e. The third-order valence-electron chi connectivity index (χ3n) is 4.53. The zero-order chi connectivity index (χ0) is 26.6. The number of carbonyl (C=O) groups is 2. The van der Waals surface area contributed by atoms with Crippen molar-refractivity contribution in [2.24, 2.45) is 0 Å². The zero-order valence-corrected chi connectivity index (χ0v) is 22.7. The summed E-state index contributed by atoms with van der Waals surface area (Å²) in [5.74, 6) is 0. The third-order valence-corrected chi connectivity index (χ3v) is 6.00. The molecule has 2 amide bonds. The summed E-state index contributed by atoms with van der Waals surface area (Å²) in [5, 5.41) is 1.75. The zero-order valence-electron chi connectivity index (χ0n) is 20.3. The van der Waals surface area contributed by atoms with Crippen molar-refractivity contribution >= 4 is 39.5 Å². The molecule has 7 nitrogen and oxygen atoms in total. The summed E-state index contributed by atoms with van der Waals surface area (Å²) in [6, 6.07) is 3.95. The minimum Gasteiger partial charge on any atom is -0.442 e. The molecule has 1 aromatic carbocycles. The lowest BCUT2D eigenvalue weighted by Crippen LogP contribution is -2.54. The van der Waals surface area contributed by atoms with E-state index in [9.17, 15) is 22.8 Å². The molecule has 0 spiro atoms. The minimum atomic E-state index is -4.44. The Bertz CT molecular complexity index is 1020. The molecule has 0 saturated carbocycles. The molecule has 2 aromatic rings. The molecule has 0 aliphatic carbocycles. The van der Waals surface area contributed by atoms with Crippen molar-refractivity contribution in [1.29, 1.82) is 0 Å². The van der Waals surface area contributed by atoms with Gasteiger partial charge in [-0.15, -0.1) is 11.3 Å². The van der Waals surface area contributed by atoms with E-state index < -0.39 is 41.2 Å². The second-order valence-electron chi connectivity index (χ2n) is 9.59. The van der Waals surface area contributed by atoms with Crippen molar-refractivity contribution in [3.05, 3.63) is 50.4 Å². The summed E-state index contributed by atoms with van der Waals surface area (Å²) in [5.41, 5.74) is 0.436. The number of hydrogen-bond donors (Lipinski definition) is 1. The van der Waals surface area contributed by atoms with Crippen molar-refractivity contribution < 1.29 is 32.2 Å². The number of nitrogens with zero attached hydrogens (tertiary/aromatic N) is 2. The number of nitrogens with one attached hydrogen (secondary N) is 1. The molecule has 1 N–H and O–H groups in total. The number of thiazole rings is 1. The summed E-state index contributed by atoms with van der Waals surface area (Å²) in [6.07, 6.45) is -3.98. The first-order valence-corrected chi connectivity index (χ1v) is 12.3. The summed E-state index contributed by atoms with van der Waals surface area (Å²) < 4.78 is 50.4. The van der Waals surface area contributed by atoms with Crippen LogP contribution >= 0.6 is 27.3 Å². The smallest absolute Gasteiger partial charge is 0.429 e. The highest BCUT2D eigenvalue weighted by atomic mass is 79.9. The number of alkyl halides is 3. The molecule has 0 bridgehead atoms. The quantitative estimate of drug-likeness (QED) is 0.382. The van der Waals surface area contributed by atoms with Crippen LogP contribution in [-0.4, -0.2) is 39.4 Å². The molecule has 0 radical (unpaired) electrons. The molecule has 1 heterocycles. The predicted molar refractivity (Wildman–Crippen MR) is 130 cm³/mol. The first-order valence-electron chi connectivity index (χ1n) is 10.7. The van der Waals surface area contributed by atoms with Crippen LogP contribution in [0.25, 0.3) is 0 Å². The Kier molecular flexibility index (Phi) is 9.21. The van der Waals surface area contributed by atoms with Gasteiger partial charge in [0.05, 0.1) is 26.6 Å². The van der Waals surface area contributed by atoms with E-state index in [4.69, 9.17) is 9.47 Å². The van der Waals surface area contributed by atoms with E-state index in [1.54, 1.807) is 47.7 Å². The SMILES string of the molecule is CC(Cc1ccc(C(F)(F)F)cc1)N(NC(=O)OC(C)(C)Cc1ncc(Br)s1)C(=O)OC(C)(C)C. The van der Waals surface area contributed by atoms with Crippen LogP contribution in [0.15, 0.2) is 34.2 Å². The Morgan fingerprint density at radius 2 is 1.71 bits per heavy atom. The lowest BCUT2D eigenvalue weighted by atomic mass is 10.0. The van der Waals surface area contributed by atoms with Gasteiger partial charge in [0, 0.05) is 6.42 Å². The van der Waals surface area contributed by atoms with Crippen LogP contribution in [0.1, 0.15) is 57.7 Å². The van der Waals surface area contributed by atoms with Crippen molar-refractivity contribution in [1.82, 2.24) is 15.4 Å². The molecule has 1 atom stereocenters. The van der Waals surface area contributed by atoms with Crippen molar-refractivity contribution in [3.63, 3.8) is 0 Å². The number of ether oxygens (including phenoxy) is 2. The highest BCUT2D eigenvalue weighted by molar-refractivity contribution is 9.11. The van der Waals surface area contributed by atoms with Gasteiger partial charge < -0.3 is 9.47 Å². The van der Waals surface area contributed by atoms with E-state index >= 15 is 0 Å². The molecular formula is C23H29BrF3N3O4S. The van der Waals surface area contributed by atoms with Gasteiger partial charge in [-0.25, -0.2) is 25.0 Å². The first kappa shape index (κ1) is 28.9. The number of hydrazine groups is 1. The number of amides is 2. The van der Waals surface area contributed by atoms with Gasteiger partial charge in [-0.2, -0.15) is 13.2 Å². The van der Waals surface area contributed by atoms with Gasteiger partial charge in [-0.05, 0) is 81.6 Å². The van der Waals surface area contributed by atoms with Crippen LogP contribution in [-0.2, 0) is 28.5 Å². The molecule has 0 aliphatic rings.